The predicted octanol–water partition coefficient (Wildman–Crippen LogP) is 6.39. The van der Waals surface area contributed by atoms with Gasteiger partial charge in [0.1, 0.15) is 13.8 Å². The average molecular weight is 319 g/mol. The van der Waals surface area contributed by atoms with Crippen molar-refractivity contribution in [3.8, 4) is 0 Å². The molecule has 0 aromatic carbocycles. The van der Waals surface area contributed by atoms with Gasteiger partial charge in [0, 0.05) is 5.92 Å². The average Bonchev–Trinajstić information content (AvgIpc) is 2.47. The molecule has 3 atom stereocenters. The van der Waals surface area contributed by atoms with E-state index in [0.717, 1.165) is 0 Å². The van der Waals surface area contributed by atoms with Crippen molar-refractivity contribution in [3.63, 3.8) is 0 Å². The van der Waals surface area contributed by atoms with Gasteiger partial charge in [-0.1, -0.05) is 51.3 Å². The van der Waals surface area contributed by atoms with Crippen LogP contribution in [0.25, 0.3) is 0 Å². The summed E-state index contributed by atoms with van der Waals surface area (Å²) in [6.07, 6.45) is 12.7. The first-order chi connectivity index (χ1) is 10.9. The molecule has 0 saturated heterocycles. The molecule has 1 rings (SSSR count). The van der Waals surface area contributed by atoms with E-state index in [1.54, 1.807) is 16.7 Å². The number of nitrogens with zero attached hydrogens (tertiary/aromatic N) is 1. The van der Waals surface area contributed by atoms with E-state index in [1.807, 2.05) is 0 Å². The molecule has 0 bridgehead atoms. The smallest absolute Gasteiger partial charge is 0.175 e. The topological polar surface area (TPSA) is 3.01 Å². The third-order valence-electron chi connectivity index (χ3n) is 5.81. The van der Waals surface area contributed by atoms with Crippen molar-refractivity contribution in [1.82, 2.24) is 0 Å². The van der Waals surface area contributed by atoms with Gasteiger partial charge >= 0.3 is 0 Å². The normalized spacial score (nSPS) is 19.0. The van der Waals surface area contributed by atoms with Crippen LogP contribution in [-0.4, -0.2) is 24.4 Å². The highest BCUT2D eigenvalue weighted by Gasteiger charge is 2.31. The Morgan fingerprint density at radius 1 is 1.26 bits per heavy atom. The number of likely N-dealkylation sites (N-methyl/N-ethyl adjacent to an activating group) is 1. The molecule has 0 amide bonds. The molecule has 0 aromatic rings. The van der Waals surface area contributed by atoms with E-state index in [1.165, 1.54) is 51.4 Å². The van der Waals surface area contributed by atoms with Gasteiger partial charge < -0.3 is 0 Å². The lowest BCUT2D eigenvalue weighted by atomic mass is 9.78. The van der Waals surface area contributed by atoms with Gasteiger partial charge in [-0.2, -0.15) is 0 Å². The molecular formula is C22H40N+. The molecule has 23 heavy (non-hydrogen) atoms. The second-order valence-electron chi connectivity index (χ2n) is 7.75. The van der Waals surface area contributed by atoms with Crippen LogP contribution in [0.3, 0.4) is 0 Å². The summed E-state index contributed by atoms with van der Waals surface area (Å²) in [5.74, 6) is 1.39. The van der Waals surface area contributed by atoms with Crippen LogP contribution in [0.2, 0.25) is 0 Å². The minimum absolute atomic E-state index is 0.530. The van der Waals surface area contributed by atoms with Crippen LogP contribution in [-0.2, 0) is 0 Å². The molecule has 0 N–H and O–H groups in total. The number of hydrogen-bond acceptors (Lipinski definition) is 0. The molecule has 1 nitrogen and oxygen atoms in total. The number of hydrogen-bond donors (Lipinski definition) is 0. The molecule has 0 heterocycles. The molecule has 0 aromatic heterocycles. The van der Waals surface area contributed by atoms with Crippen LogP contribution < -0.4 is 0 Å². The molecule has 0 radical (unpaired) electrons. The minimum Gasteiger partial charge on any atom is -0.238 e. The monoisotopic (exact) mass is 318 g/mol. The molecule has 1 saturated carbocycles. The van der Waals surface area contributed by atoms with Crippen LogP contribution in [0.5, 0.6) is 0 Å². The Balaban J connectivity index is 2.83. The molecular weight excluding hydrogens is 278 g/mol. The minimum atomic E-state index is 0.530. The second-order valence-corrected chi connectivity index (χ2v) is 7.75. The van der Waals surface area contributed by atoms with Crippen molar-refractivity contribution in [2.75, 3.05) is 7.05 Å². The Bertz CT molecular complexity index is 435. The number of unbranched alkanes of at least 4 members (excludes halogenated alkanes) is 1. The first-order valence-electron chi connectivity index (χ1n) is 9.83. The first-order valence-corrected chi connectivity index (χ1v) is 9.83. The number of rotatable bonds is 10. The summed E-state index contributed by atoms with van der Waals surface area (Å²) in [7, 11) is 2.16. The molecule has 0 spiro atoms. The van der Waals surface area contributed by atoms with Gasteiger partial charge in [-0.15, -0.1) is 0 Å². The highest BCUT2D eigenvalue weighted by Crippen LogP contribution is 2.36. The molecule has 1 aliphatic carbocycles. The first kappa shape index (κ1) is 20.2. The third-order valence-corrected chi connectivity index (χ3v) is 5.81. The highest BCUT2D eigenvalue weighted by molar-refractivity contribution is 5.26. The Kier molecular flexibility index (Phi) is 8.87. The zero-order valence-corrected chi connectivity index (χ0v) is 16.6. The lowest BCUT2D eigenvalue weighted by molar-refractivity contribution is -0.529. The van der Waals surface area contributed by atoms with E-state index in [9.17, 15) is 0 Å². The Morgan fingerprint density at radius 3 is 2.35 bits per heavy atom. The Labute approximate surface area is 145 Å². The van der Waals surface area contributed by atoms with Gasteiger partial charge in [-0.25, -0.2) is 4.58 Å². The van der Waals surface area contributed by atoms with Crippen molar-refractivity contribution in [1.29, 1.82) is 0 Å². The van der Waals surface area contributed by atoms with E-state index in [2.05, 4.69) is 59.0 Å². The van der Waals surface area contributed by atoms with Crippen LogP contribution in [0.4, 0.5) is 0 Å². The predicted molar refractivity (Wildman–Crippen MR) is 104 cm³/mol. The SMILES string of the molecule is C=[N+](C)C(C(CCC(C)C(C)=CCCC)=C1CCC1)C(C)CC. The highest BCUT2D eigenvalue weighted by atomic mass is 15.0. The zero-order valence-electron chi connectivity index (χ0n) is 16.6. The van der Waals surface area contributed by atoms with Crippen molar-refractivity contribution < 1.29 is 4.58 Å². The van der Waals surface area contributed by atoms with Crippen LogP contribution in [0.1, 0.15) is 86.0 Å². The van der Waals surface area contributed by atoms with E-state index in [0.29, 0.717) is 17.9 Å². The molecule has 1 fully saturated rings. The molecule has 1 heteroatoms. The lowest BCUT2D eigenvalue weighted by Gasteiger charge is -2.29. The van der Waals surface area contributed by atoms with Crippen LogP contribution >= 0.6 is 0 Å². The summed E-state index contributed by atoms with van der Waals surface area (Å²) in [6.45, 7) is 15.9. The maximum absolute atomic E-state index is 4.26. The van der Waals surface area contributed by atoms with E-state index in [4.69, 9.17) is 0 Å². The quantitative estimate of drug-likeness (QED) is 0.249. The van der Waals surface area contributed by atoms with Crippen LogP contribution in [0, 0.1) is 11.8 Å². The van der Waals surface area contributed by atoms with E-state index < -0.39 is 0 Å². The van der Waals surface area contributed by atoms with E-state index >= 15 is 0 Å². The molecule has 1 aliphatic rings. The van der Waals surface area contributed by atoms with Gasteiger partial charge in [0.05, 0.1) is 0 Å². The van der Waals surface area contributed by atoms with E-state index in [-0.39, 0.29) is 0 Å². The van der Waals surface area contributed by atoms with Gasteiger partial charge in [0.15, 0.2) is 6.04 Å². The summed E-state index contributed by atoms with van der Waals surface area (Å²) in [6, 6.07) is 0.530. The standard InChI is InChI=1S/C22H40N/c1-8-10-12-18(4)19(5)15-16-21(20-13-11-14-20)22(23(6)7)17(3)9-2/h12,17,19,22H,6,8-11,13-16H2,1-5,7H3/q+1. The third kappa shape index (κ3) is 5.94. The van der Waals surface area contributed by atoms with Crippen molar-refractivity contribution in [2.24, 2.45) is 11.8 Å². The second kappa shape index (κ2) is 10.1. The maximum atomic E-state index is 4.26. The van der Waals surface area contributed by atoms with Gasteiger partial charge in [-0.05, 0) is 63.4 Å². The fourth-order valence-electron chi connectivity index (χ4n) is 3.65. The maximum Gasteiger partial charge on any atom is 0.175 e. The fraction of sp³-hybridized carbons (Fsp3) is 0.773. The summed E-state index contributed by atoms with van der Waals surface area (Å²) in [5, 5.41) is 0. The molecule has 3 unspecified atom stereocenters. The molecule has 0 aliphatic heterocycles. The fourth-order valence-corrected chi connectivity index (χ4v) is 3.65. The summed E-state index contributed by atoms with van der Waals surface area (Å²) < 4.78 is 2.22. The lowest BCUT2D eigenvalue weighted by Crippen LogP contribution is -2.33. The van der Waals surface area contributed by atoms with Crippen LogP contribution in [0.15, 0.2) is 22.8 Å². The van der Waals surface area contributed by atoms with Gasteiger partial charge in [0.2, 0.25) is 0 Å². The Morgan fingerprint density at radius 2 is 1.91 bits per heavy atom. The summed E-state index contributed by atoms with van der Waals surface area (Å²) in [4.78, 5) is 0. The summed E-state index contributed by atoms with van der Waals surface area (Å²) in [5.41, 5.74) is 5.04. The molecule has 132 valence electrons. The van der Waals surface area contributed by atoms with Gasteiger partial charge in [0.25, 0.3) is 0 Å². The van der Waals surface area contributed by atoms with Gasteiger partial charge in [-0.3, -0.25) is 0 Å². The van der Waals surface area contributed by atoms with Crippen molar-refractivity contribution in [3.05, 3.63) is 22.8 Å². The van der Waals surface area contributed by atoms with Crippen molar-refractivity contribution in [2.45, 2.75) is 92.0 Å². The summed E-state index contributed by atoms with van der Waals surface area (Å²) >= 11 is 0. The zero-order chi connectivity index (χ0) is 17.4. The number of allylic oxidation sites excluding steroid dienone is 3. The Hall–Kier alpha value is -0.850. The van der Waals surface area contributed by atoms with Crippen molar-refractivity contribution >= 4 is 6.72 Å². The largest absolute Gasteiger partial charge is 0.238 e.